The van der Waals surface area contributed by atoms with Gasteiger partial charge in [-0.1, -0.05) is 71.7 Å². The highest BCUT2D eigenvalue weighted by Crippen LogP contribution is 2.31. The van der Waals surface area contributed by atoms with E-state index < -0.39 is 0 Å². The number of aldehydes is 1. The molecule has 0 fully saturated rings. The Balaban J connectivity index is 0.000000192. The molecule has 9 heteroatoms. The van der Waals surface area contributed by atoms with Crippen LogP contribution in [0.5, 0.6) is 0 Å². The number of nitrogens with one attached hydrogen (secondary N) is 3. The summed E-state index contributed by atoms with van der Waals surface area (Å²) in [5.41, 5.74) is 16.9. The number of allylic oxidation sites excluding steroid dienone is 4. The minimum atomic E-state index is 0.207. The van der Waals surface area contributed by atoms with Crippen molar-refractivity contribution in [2.24, 2.45) is 0 Å². The monoisotopic (exact) mass is 724 g/mol. The van der Waals surface area contributed by atoms with Gasteiger partial charge in [0.1, 0.15) is 6.29 Å². The van der Waals surface area contributed by atoms with Crippen molar-refractivity contribution >= 4 is 63.8 Å². The van der Waals surface area contributed by atoms with E-state index in [2.05, 4.69) is 35.0 Å². The Bertz CT molecular complexity index is 1950. The minimum Gasteiger partial charge on any atom is -0.399 e. The van der Waals surface area contributed by atoms with Gasteiger partial charge in [0, 0.05) is 58.9 Å². The SMILES string of the molecule is CC1=C(Nc2cc(N)ccc2Cl)CCCC1=O.CC1=C(Nc2cc(NCc3ccccc3C)ccc2Cl)CCCC1=O.Cc1ccccc1C=O. The maximum atomic E-state index is 11.9. The Morgan fingerprint density at radius 3 is 1.75 bits per heavy atom. The quantitative estimate of drug-likeness (QED) is 0.106. The number of nitrogen functional groups attached to an aromatic ring is 1. The van der Waals surface area contributed by atoms with Crippen molar-refractivity contribution in [1.82, 2.24) is 0 Å². The van der Waals surface area contributed by atoms with Gasteiger partial charge in [-0.15, -0.1) is 0 Å². The van der Waals surface area contributed by atoms with E-state index >= 15 is 0 Å². The Morgan fingerprint density at radius 1 is 0.667 bits per heavy atom. The summed E-state index contributed by atoms with van der Waals surface area (Å²) >= 11 is 12.4. The number of Topliss-reactive ketones (excluding diaryl/α,β-unsaturated/α-hetero) is 2. The van der Waals surface area contributed by atoms with Crippen molar-refractivity contribution in [2.45, 2.75) is 72.8 Å². The minimum absolute atomic E-state index is 0.207. The highest BCUT2D eigenvalue weighted by Gasteiger charge is 2.18. The third kappa shape index (κ3) is 11.3. The number of carbonyl (C=O) groups excluding carboxylic acids is 3. The number of hydrogen-bond acceptors (Lipinski definition) is 7. The van der Waals surface area contributed by atoms with E-state index in [-0.39, 0.29) is 11.6 Å². The van der Waals surface area contributed by atoms with Gasteiger partial charge in [-0.05, 0) is 106 Å². The standard InChI is InChI=1S/C21H23ClN2O.C13H15ClN2O.C8H8O/c1-14-6-3-4-7-16(14)13-23-17-10-11-18(22)20(12-17)24-19-8-5-9-21(25)15(19)2;1-8-11(3-2-4-13(8)17)16-12-7-9(15)5-6-10(12)14;1-7-4-2-3-5-8(7)6-9/h3-4,6-7,10-12,23-24H,5,8-9,13H2,1-2H3;5-7,16H,2-4,15H2,1H3;2-6H,1H3. The van der Waals surface area contributed by atoms with Gasteiger partial charge in [0.25, 0.3) is 0 Å². The first kappa shape index (κ1) is 38.9. The average molecular weight is 726 g/mol. The van der Waals surface area contributed by atoms with Crippen molar-refractivity contribution in [1.29, 1.82) is 0 Å². The van der Waals surface area contributed by atoms with E-state index in [1.807, 2.05) is 75.4 Å². The number of halogens is 2. The van der Waals surface area contributed by atoms with Gasteiger partial charge in [0.05, 0.1) is 21.4 Å². The number of anilines is 4. The van der Waals surface area contributed by atoms with Crippen LogP contribution in [0.1, 0.15) is 79.4 Å². The number of ketones is 2. The number of aryl methyl sites for hydroxylation is 2. The predicted octanol–water partition coefficient (Wildman–Crippen LogP) is 10.9. The molecule has 266 valence electrons. The molecule has 0 aromatic heterocycles. The summed E-state index contributed by atoms with van der Waals surface area (Å²) in [5, 5.41) is 11.3. The van der Waals surface area contributed by atoms with E-state index in [1.54, 1.807) is 18.2 Å². The predicted molar refractivity (Wildman–Crippen MR) is 213 cm³/mol. The largest absolute Gasteiger partial charge is 0.399 e. The van der Waals surface area contributed by atoms with Gasteiger partial charge in [0.15, 0.2) is 11.6 Å². The summed E-state index contributed by atoms with van der Waals surface area (Å²) in [4.78, 5) is 33.7. The van der Waals surface area contributed by atoms with Crippen LogP contribution < -0.4 is 21.7 Å². The molecule has 6 rings (SSSR count). The first-order valence-electron chi connectivity index (χ1n) is 17.1. The van der Waals surface area contributed by atoms with Crippen LogP contribution in [-0.4, -0.2) is 17.9 Å². The molecule has 0 unspecified atom stereocenters. The van der Waals surface area contributed by atoms with E-state index in [1.165, 1.54) is 11.1 Å². The number of hydrogen-bond donors (Lipinski definition) is 4. The van der Waals surface area contributed by atoms with E-state index in [9.17, 15) is 14.4 Å². The van der Waals surface area contributed by atoms with Crippen molar-refractivity contribution in [3.63, 3.8) is 0 Å². The van der Waals surface area contributed by atoms with E-state index in [0.29, 0.717) is 28.6 Å². The van der Waals surface area contributed by atoms with Crippen LogP contribution in [0.25, 0.3) is 0 Å². The highest BCUT2D eigenvalue weighted by molar-refractivity contribution is 6.33. The fourth-order valence-corrected chi connectivity index (χ4v) is 6.00. The van der Waals surface area contributed by atoms with Crippen molar-refractivity contribution in [3.05, 3.63) is 140 Å². The average Bonchev–Trinajstić information content (AvgIpc) is 3.12. The molecule has 0 bridgehead atoms. The molecule has 0 aliphatic heterocycles. The Morgan fingerprint density at radius 2 is 1.20 bits per heavy atom. The van der Waals surface area contributed by atoms with Gasteiger partial charge < -0.3 is 21.7 Å². The molecule has 2 aliphatic rings. The summed E-state index contributed by atoms with van der Waals surface area (Å²) in [6, 6.07) is 27.0. The van der Waals surface area contributed by atoms with Gasteiger partial charge in [-0.3, -0.25) is 14.4 Å². The Labute approximate surface area is 311 Å². The fraction of sp³-hybridized carbons (Fsp3) is 0.262. The number of rotatable bonds is 8. The van der Waals surface area contributed by atoms with Crippen LogP contribution in [0.3, 0.4) is 0 Å². The van der Waals surface area contributed by atoms with Crippen LogP contribution in [0.2, 0.25) is 10.0 Å². The summed E-state index contributed by atoms with van der Waals surface area (Å²) in [6.45, 7) is 8.53. The molecule has 4 aromatic carbocycles. The smallest absolute Gasteiger partial charge is 0.160 e. The lowest BCUT2D eigenvalue weighted by Gasteiger charge is -2.20. The molecule has 51 heavy (non-hydrogen) atoms. The van der Waals surface area contributed by atoms with E-state index in [4.69, 9.17) is 28.9 Å². The first-order valence-corrected chi connectivity index (χ1v) is 17.9. The van der Waals surface area contributed by atoms with Gasteiger partial charge in [-0.25, -0.2) is 0 Å². The van der Waals surface area contributed by atoms with Crippen LogP contribution in [0.15, 0.2) is 107 Å². The molecule has 0 heterocycles. The molecule has 0 amide bonds. The lowest BCUT2D eigenvalue weighted by Crippen LogP contribution is -2.14. The fourth-order valence-electron chi connectivity index (χ4n) is 5.67. The van der Waals surface area contributed by atoms with Crippen LogP contribution >= 0.6 is 23.2 Å². The summed E-state index contributed by atoms with van der Waals surface area (Å²) in [7, 11) is 0. The summed E-state index contributed by atoms with van der Waals surface area (Å²) in [5.74, 6) is 0.428. The molecule has 7 nitrogen and oxygen atoms in total. The molecular formula is C42H46Cl2N4O3. The zero-order chi connectivity index (χ0) is 36.9. The molecule has 0 radical (unpaired) electrons. The van der Waals surface area contributed by atoms with Gasteiger partial charge >= 0.3 is 0 Å². The van der Waals surface area contributed by atoms with Crippen LogP contribution in [-0.2, 0) is 16.1 Å². The molecular weight excluding hydrogens is 679 g/mol. The van der Waals surface area contributed by atoms with Crippen LogP contribution in [0.4, 0.5) is 22.7 Å². The molecule has 4 aromatic rings. The van der Waals surface area contributed by atoms with Crippen molar-refractivity contribution in [2.75, 3.05) is 21.7 Å². The Kier molecular flexibility index (Phi) is 14.5. The van der Waals surface area contributed by atoms with Crippen LogP contribution in [0, 0.1) is 13.8 Å². The number of nitrogens with two attached hydrogens (primary N) is 1. The zero-order valence-corrected chi connectivity index (χ0v) is 31.2. The molecule has 0 saturated heterocycles. The first-order chi connectivity index (χ1) is 24.5. The number of benzene rings is 4. The highest BCUT2D eigenvalue weighted by atomic mass is 35.5. The lowest BCUT2D eigenvalue weighted by molar-refractivity contribution is -0.116. The second kappa shape index (κ2) is 18.9. The zero-order valence-electron chi connectivity index (χ0n) is 29.7. The molecule has 0 atom stereocenters. The third-order valence-corrected chi connectivity index (χ3v) is 9.65. The van der Waals surface area contributed by atoms with Gasteiger partial charge in [-0.2, -0.15) is 0 Å². The van der Waals surface area contributed by atoms with E-state index in [0.717, 1.165) is 89.2 Å². The number of carbonyl (C=O) groups is 3. The van der Waals surface area contributed by atoms with Crippen molar-refractivity contribution < 1.29 is 14.4 Å². The molecule has 0 saturated carbocycles. The second-order valence-electron chi connectivity index (χ2n) is 12.7. The second-order valence-corrected chi connectivity index (χ2v) is 13.5. The molecule has 2 aliphatic carbocycles. The summed E-state index contributed by atoms with van der Waals surface area (Å²) in [6.07, 6.45) is 5.69. The molecule has 5 N–H and O–H groups in total. The third-order valence-electron chi connectivity index (χ3n) is 8.99. The normalized spacial score (nSPS) is 14.2. The van der Waals surface area contributed by atoms with Crippen molar-refractivity contribution in [3.8, 4) is 0 Å². The molecule has 0 spiro atoms. The van der Waals surface area contributed by atoms with Gasteiger partial charge in [0.2, 0.25) is 0 Å². The maximum Gasteiger partial charge on any atom is 0.160 e. The lowest BCUT2D eigenvalue weighted by atomic mass is 9.96. The Hall–Kier alpha value is -4.85. The summed E-state index contributed by atoms with van der Waals surface area (Å²) < 4.78 is 0. The maximum absolute atomic E-state index is 11.9. The topological polar surface area (TPSA) is 113 Å².